The number of nitrogens with zero attached hydrogens (tertiary/aromatic N) is 4. The molecule has 1 aromatic carbocycles. The maximum atomic E-state index is 12.1. The number of hydrogen-bond acceptors (Lipinski definition) is 7. The van der Waals surface area contributed by atoms with Crippen molar-refractivity contribution >= 4 is 23.4 Å². The van der Waals surface area contributed by atoms with Crippen LogP contribution in [0.1, 0.15) is 18.7 Å². The zero-order valence-corrected chi connectivity index (χ0v) is 17.9. The lowest BCUT2D eigenvalue weighted by atomic mass is 9.93. The summed E-state index contributed by atoms with van der Waals surface area (Å²) in [5, 5.41) is 18.2. The number of aryl methyl sites for hydroxylation is 1. The van der Waals surface area contributed by atoms with Gasteiger partial charge in [0, 0.05) is 42.1 Å². The van der Waals surface area contributed by atoms with E-state index in [0.29, 0.717) is 54.9 Å². The predicted octanol–water partition coefficient (Wildman–Crippen LogP) is 3.36. The van der Waals surface area contributed by atoms with Gasteiger partial charge in [0.1, 0.15) is 0 Å². The molecule has 9 nitrogen and oxygen atoms in total. The van der Waals surface area contributed by atoms with Crippen molar-refractivity contribution in [1.29, 1.82) is 0 Å². The zero-order valence-electron chi connectivity index (χ0n) is 17.1. The van der Waals surface area contributed by atoms with E-state index in [0.717, 1.165) is 11.1 Å². The van der Waals surface area contributed by atoms with Gasteiger partial charge in [-0.2, -0.15) is 4.98 Å². The standard InChI is InChI=1S/C22H21ClN6O3/c23-15-10-8-14(9-11-15)20-26-19(32-29-20)7-3-6-18(30)24-12-13-25-21-16-4-1-2-5-17(16)22(31)28-27-21/h1-2,4-5,8-11,17,25H,3,6-7,12-13H2,(H,24,30). The highest BCUT2D eigenvalue weighted by Crippen LogP contribution is 2.27. The monoisotopic (exact) mass is 452 g/mol. The smallest absolute Gasteiger partial charge is 0.276 e. The van der Waals surface area contributed by atoms with Crippen molar-refractivity contribution < 1.29 is 14.1 Å². The average molecular weight is 453 g/mol. The number of hydrogen-bond donors (Lipinski definition) is 2. The summed E-state index contributed by atoms with van der Waals surface area (Å²) in [5.41, 5.74) is 1.61. The van der Waals surface area contributed by atoms with Crippen molar-refractivity contribution in [3.05, 3.63) is 70.9 Å². The van der Waals surface area contributed by atoms with Gasteiger partial charge in [0.15, 0.2) is 5.82 Å². The molecule has 1 unspecified atom stereocenters. The molecule has 32 heavy (non-hydrogen) atoms. The van der Waals surface area contributed by atoms with Gasteiger partial charge >= 0.3 is 0 Å². The molecule has 1 aromatic heterocycles. The first-order valence-corrected chi connectivity index (χ1v) is 10.6. The molecule has 164 valence electrons. The summed E-state index contributed by atoms with van der Waals surface area (Å²) < 4.78 is 5.25. The molecule has 1 atom stereocenters. The summed E-state index contributed by atoms with van der Waals surface area (Å²) >= 11 is 5.89. The topological polar surface area (TPSA) is 122 Å². The van der Waals surface area contributed by atoms with E-state index in [1.165, 1.54) is 0 Å². The Morgan fingerprint density at radius 3 is 2.81 bits per heavy atom. The van der Waals surface area contributed by atoms with Crippen LogP contribution in [0, 0.1) is 5.92 Å². The van der Waals surface area contributed by atoms with E-state index in [4.69, 9.17) is 16.1 Å². The van der Waals surface area contributed by atoms with Crippen LogP contribution in [0.2, 0.25) is 5.02 Å². The van der Waals surface area contributed by atoms with E-state index in [1.54, 1.807) is 18.2 Å². The highest BCUT2D eigenvalue weighted by Gasteiger charge is 2.26. The highest BCUT2D eigenvalue weighted by atomic mass is 35.5. The van der Waals surface area contributed by atoms with Crippen molar-refractivity contribution in [2.24, 2.45) is 16.1 Å². The molecule has 0 saturated heterocycles. The fourth-order valence-corrected chi connectivity index (χ4v) is 3.41. The van der Waals surface area contributed by atoms with Crippen LogP contribution in [0.15, 0.2) is 74.7 Å². The predicted molar refractivity (Wildman–Crippen MR) is 117 cm³/mol. The number of aromatic nitrogens is 2. The summed E-state index contributed by atoms with van der Waals surface area (Å²) in [5.74, 6) is 0.799. The maximum Gasteiger partial charge on any atom is 0.276 e. The Hall–Kier alpha value is -3.59. The Morgan fingerprint density at radius 1 is 1.12 bits per heavy atom. The third-order valence-electron chi connectivity index (χ3n) is 4.92. The summed E-state index contributed by atoms with van der Waals surface area (Å²) in [6.07, 6.45) is 8.75. The number of amides is 2. The number of halogens is 1. The van der Waals surface area contributed by atoms with Crippen molar-refractivity contribution in [3.63, 3.8) is 0 Å². The molecule has 2 aliphatic rings. The van der Waals surface area contributed by atoms with Crippen molar-refractivity contribution in [3.8, 4) is 11.4 Å². The molecule has 10 heteroatoms. The first-order chi connectivity index (χ1) is 15.6. The second-order valence-corrected chi connectivity index (χ2v) is 7.65. The summed E-state index contributed by atoms with van der Waals surface area (Å²) in [6, 6.07) is 7.18. The van der Waals surface area contributed by atoms with Gasteiger partial charge in [-0.05, 0) is 30.7 Å². The lowest BCUT2D eigenvalue weighted by molar-refractivity contribution is -0.121. The minimum Gasteiger partial charge on any atom is -0.367 e. The molecule has 0 spiro atoms. The van der Waals surface area contributed by atoms with E-state index in [2.05, 4.69) is 31.0 Å². The molecule has 0 saturated carbocycles. The number of benzene rings is 1. The van der Waals surface area contributed by atoms with E-state index in [9.17, 15) is 9.59 Å². The number of carbonyl (C=O) groups excluding carboxylic acids is 2. The molecule has 2 amide bonds. The minimum atomic E-state index is -0.389. The lowest BCUT2D eigenvalue weighted by Crippen LogP contribution is -2.32. The fraction of sp³-hybridized carbons (Fsp3) is 0.273. The molecule has 4 rings (SSSR count). The first kappa shape index (κ1) is 21.6. The van der Waals surface area contributed by atoms with E-state index >= 15 is 0 Å². The number of fused-ring (bicyclic) bond motifs is 1. The molecule has 1 aliphatic heterocycles. The van der Waals surface area contributed by atoms with Gasteiger partial charge in [-0.3, -0.25) is 9.59 Å². The molecule has 0 radical (unpaired) electrons. The largest absolute Gasteiger partial charge is 0.367 e. The molecule has 2 aromatic rings. The van der Waals surface area contributed by atoms with Gasteiger partial charge < -0.3 is 15.2 Å². The molecule has 2 N–H and O–H groups in total. The number of carbonyl (C=O) groups is 2. The number of rotatable bonds is 9. The average Bonchev–Trinajstić information content (AvgIpc) is 3.27. The van der Waals surface area contributed by atoms with Gasteiger partial charge in [0.25, 0.3) is 5.91 Å². The Labute approximate surface area is 189 Å². The van der Waals surface area contributed by atoms with Crippen molar-refractivity contribution in [2.45, 2.75) is 19.3 Å². The summed E-state index contributed by atoms with van der Waals surface area (Å²) in [7, 11) is 0. The van der Waals surface area contributed by atoms with Gasteiger partial charge in [0.05, 0.1) is 5.92 Å². The third kappa shape index (κ3) is 5.36. The quantitative estimate of drug-likeness (QED) is 0.562. The van der Waals surface area contributed by atoms with Crippen molar-refractivity contribution in [1.82, 2.24) is 20.8 Å². The van der Waals surface area contributed by atoms with Crippen LogP contribution in [-0.4, -0.2) is 35.0 Å². The van der Waals surface area contributed by atoms with Crippen LogP contribution in [0.25, 0.3) is 11.4 Å². The van der Waals surface area contributed by atoms with Crippen LogP contribution in [-0.2, 0) is 16.0 Å². The highest BCUT2D eigenvalue weighted by molar-refractivity contribution is 6.30. The Morgan fingerprint density at radius 2 is 1.97 bits per heavy atom. The fourth-order valence-electron chi connectivity index (χ4n) is 3.28. The number of nitrogens with one attached hydrogen (secondary N) is 2. The Bertz CT molecular complexity index is 1120. The van der Waals surface area contributed by atoms with Crippen LogP contribution < -0.4 is 10.6 Å². The van der Waals surface area contributed by atoms with E-state index in [-0.39, 0.29) is 17.7 Å². The normalized spacial score (nSPS) is 16.9. The van der Waals surface area contributed by atoms with Crippen LogP contribution >= 0.6 is 11.6 Å². The Kier molecular flexibility index (Phi) is 6.86. The second kappa shape index (κ2) is 10.1. The summed E-state index contributed by atoms with van der Waals surface area (Å²) in [4.78, 5) is 28.2. The first-order valence-electron chi connectivity index (χ1n) is 10.2. The summed E-state index contributed by atoms with van der Waals surface area (Å²) in [6.45, 7) is 0.890. The zero-order chi connectivity index (χ0) is 22.3. The van der Waals surface area contributed by atoms with Crippen molar-refractivity contribution in [2.75, 3.05) is 13.1 Å². The van der Waals surface area contributed by atoms with Crippen LogP contribution in [0.3, 0.4) is 0 Å². The molecular formula is C22H21ClN6O3. The van der Waals surface area contributed by atoms with Gasteiger partial charge in [-0.25, -0.2) is 0 Å². The third-order valence-corrected chi connectivity index (χ3v) is 5.17. The lowest BCUT2D eigenvalue weighted by Gasteiger charge is -2.20. The van der Waals surface area contributed by atoms with Crippen LogP contribution in [0.4, 0.5) is 0 Å². The molecular weight excluding hydrogens is 432 g/mol. The SMILES string of the molecule is O=C(CCCc1nc(-c2ccc(Cl)cc2)no1)NCCNC1=C2C=CC=CC2C(=O)N=N1. The maximum absolute atomic E-state index is 12.1. The van der Waals surface area contributed by atoms with Gasteiger partial charge in [-0.1, -0.05) is 41.1 Å². The molecule has 1 aliphatic carbocycles. The molecule has 0 bridgehead atoms. The molecule has 0 fully saturated rings. The number of azo groups is 1. The van der Waals surface area contributed by atoms with E-state index < -0.39 is 0 Å². The van der Waals surface area contributed by atoms with Gasteiger partial charge in [-0.15, -0.1) is 10.2 Å². The van der Waals surface area contributed by atoms with Crippen LogP contribution in [0.5, 0.6) is 0 Å². The molecule has 2 heterocycles. The second-order valence-electron chi connectivity index (χ2n) is 7.21. The van der Waals surface area contributed by atoms with E-state index in [1.807, 2.05) is 30.4 Å². The number of allylic oxidation sites excluding steroid dienone is 3. The minimum absolute atomic E-state index is 0.0688. The van der Waals surface area contributed by atoms with Gasteiger partial charge in [0.2, 0.25) is 17.6 Å². The Balaban J connectivity index is 1.16.